The average molecular weight is 530 g/mol. The van der Waals surface area contributed by atoms with Gasteiger partial charge in [-0.15, -0.1) is 0 Å². The number of ether oxygens (including phenoxy) is 2. The Balaban J connectivity index is -0.00000480. The Morgan fingerprint density at radius 3 is 1.15 bits per heavy atom. The van der Waals surface area contributed by atoms with E-state index < -0.39 is 0 Å². The zero-order valence-electron chi connectivity index (χ0n) is 23.0. The fraction of sp³-hybridized carbons (Fsp3) is 0.923. The molecule has 0 aromatic heterocycles. The van der Waals surface area contributed by atoms with Gasteiger partial charge in [0.1, 0.15) is 13.1 Å². The SMILES string of the molecule is CCCCCCCCOC(=O)C[N+](C)(C)CC[N+](C)(C)CC(=O)OCCCCCCCC.[Cl-].[Cl-]. The molecule has 0 aromatic rings. The summed E-state index contributed by atoms with van der Waals surface area (Å²) in [6.45, 7) is 7.79. The fourth-order valence-electron chi connectivity index (χ4n) is 3.63. The molecule has 0 aliphatic heterocycles. The predicted molar refractivity (Wildman–Crippen MR) is 132 cm³/mol. The van der Waals surface area contributed by atoms with Crippen LogP contribution in [-0.4, -0.2) is 88.5 Å². The Kier molecular flexibility index (Phi) is 25.6. The van der Waals surface area contributed by atoms with Crippen molar-refractivity contribution in [3.05, 3.63) is 0 Å². The third-order valence-electron chi connectivity index (χ3n) is 5.95. The van der Waals surface area contributed by atoms with Gasteiger partial charge in [0.2, 0.25) is 0 Å². The van der Waals surface area contributed by atoms with Gasteiger partial charge in [-0.25, -0.2) is 9.59 Å². The smallest absolute Gasteiger partial charge is 0.361 e. The Bertz CT molecular complexity index is 459. The molecule has 6 nitrogen and oxygen atoms in total. The van der Waals surface area contributed by atoms with Crippen LogP contribution in [0, 0.1) is 0 Å². The second-order valence-corrected chi connectivity index (χ2v) is 10.6. The lowest BCUT2D eigenvalue weighted by molar-refractivity contribution is -0.939. The second kappa shape index (κ2) is 22.9. The molecule has 0 saturated carbocycles. The van der Waals surface area contributed by atoms with Crippen LogP contribution in [0.3, 0.4) is 0 Å². The van der Waals surface area contributed by atoms with Crippen molar-refractivity contribution < 1.29 is 52.8 Å². The normalized spacial score (nSPS) is 11.4. The summed E-state index contributed by atoms with van der Waals surface area (Å²) in [7, 11) is 8.18. The molecule has 0 aromatic carbocycles. The van der Waals surface area contributed by atoms with Crippen LogP contribution in [0.1, 0.15) is 90.9 Å². The van der Waals surface area contributed by atoms with Crippen LogP contribution in [0.15, 0.2) is 0 Å². The highest BCUT2D eigenvalue weighted by Crippen LogP contribution is 2.08. The Morgan fingerprint density at radius 2 is 0.824 bits per heavy atom. The largest absolute Gasteiger partial charge is 1.00 e. The summed E-state index contributed by atoms with van der Waals surface area (Å²) in [5, 5.41) is 0. The highest BCUT2D eigenvalue weighted by atomic mass is 35.5. The van der Waals surface area contributed by atoms with Crippen molar-refractivity contribution >= 4 is 11.9 Å². The number of halogens is 2. The van der Waals surface area contributed by atoms with E-state index in [0.29, 0.717) is 35.3 Å². The lowest BCUT2D eigenvalue weighted by atomic mass is 10.1. The molecule has 0 unspecified atom stereocenters. The molecule has 206 valence electrons. The molecule has 0 atom stereocenters. The van der Waals surface area contributed by atoms with E-state index >= 15 is 0 Å². The minimum absolute atomic E-state index is 0. The fourth-order valence-corrected chi connectivity index (χ4v) is 3.63. The van der Waals surface area contributed by atoms with E-state index in [0.717, 1.165) is 38.8 Å². The van der Waals surface area contributed by atoms with Gasteiger partial charge in [-0.2, -0.15) is 0 Å². The average Bonchev–Trinajstić information content (AvgIpc) is 2.70. The summed E-state index contributed by atoms with van der Waals surface area (Å²) in [6, 6.07) is 0. The van der Waals surface area contributed by atoms with Gasteiger partial charge in [-0.05, 0) is 12.8 Å². The summed E-state index contributed by atoms with van der Waals surface area (Å²) in [4.78, 5) is 24.4. The molecule has 0 amide bonds. The number of nitrogens with zero attached hydrogens (tertiary/aromatic N) is 2. The van der Waals surface area contributed by atoms with Gasteiger partial charge in [0.25, 0.3) is 0 Å². The molecule has 0 radical (unpaired) electrons. The number of rotatable bonds is 21. The molecule has 0 bridgehead atoms. The van der Waals surface area contributed by atoms with E-state index in [4.69, 9.17) is 9.47 Å². The molecule has 0 aliphatic rings. The minimum atomic E-state index is -0.132. The van der Waals surface area contributed by atoms with Crippen molar-refractivity contribution in [2.24, 2.45) is 0 Å². The van der Waals surface area contributed by atoms with E-state index in [2.05, 4.69) is 13.8 Å². The molecule has 0 heterocycles. The first kappa shape index (κ1) is 38.0. The molecule has 34 heavy (non-hydrogen) atoms. The Labute approximate surface area is 223 Å². The molecule has 0 saturated heterocycles. The number of esters is 2. The van der Waals surface area contributed by atoms with Gasteiger partial charge in [0.15, 0.2) is 13.1 Å². The molecule has 8 heteroatoms. The summed E-state index contributed by atoms with van der Waals surface area (Å²) in [6.07, 6.45) is 14.2. The highest BCUT2D eigenvalue weighted by Gasteiger charge is 2.28. The van der Waals surface area contributed by atoms with E-state index in [9.17, 15) is 9.59 Å². The summed E-state index contributed by atoms with van der Waals surface area (Å²) in [5.74, 6) is -0.264. The maximum absolute atomic E-state index is 12.2. The monoisotopic (exact) mass is 528 g/mol. The molecular formula is C26H54Cl2N2O4. The summed E-state index contributed by atoms with van der Waals surface area (Å²) >= 11 is 0. The summed E-state index contributed by atoms with van der Waals surface area (Å²) in [5.41, 5.74) is 0. The van der Waals surface area contributed by atoms with Gasteiger partial charge in [0, 0.05) is 0 Å². The first-order valence-electron chi connectivity index (χ1n) is 13.1. The molecule has 0 N–H and O–H groups in total. The topological polar surface area (TPSA) is 52.6 Å². The van der Waals surface area contributed by atoms with Crippen molar-refractivity contribution in [2.45, 2.75) is 90.9 Å². The Hall–Kier alpha value is -0.560. The zero-order chi connectivity index (χ0) is 24.3. The molecule has 0 fully saturated rings. The van der Waals surface area contributed by atoms with Gasteiger partial charge < -0.3 is 43.3 Å². The molecule has 0 spiro atoms. The van der Waals surface area contributed by atoms with Crippen LogP contribution in [0.4, 0.5) is 0 Å². The van der Waals surface area contributed by atoms with Gasteiger partial charge in [0.05, 0.1) is 41.4 Å². The number of likely N-dealkylation sites (N-methyl/N-ethyl adjacent to an activating group) is 2. The minimum Gasteiger partial charge on any atom is -1.00 e. The Morgan fingerprint density at radius 1 is 0.529 bits per heavy atom. The van der Waals surface area contributed by atoms with Crippen molar-refractivity contribution in [1.82, 2.24) is 0 Å². The van der Waals surface area contributed by atoms with Gasteiger partial charge >= 0.3 is 11.9 Å². The van der Waals surface area contributed by atoms with Crippen molar-refractivity contribution in [1.29, 1.82) is 0 Å². The lowest BCUT2D eigenvalue weighted by Gasteiger charge is -2.34. The van der Waals surface area contributed by atoms with E-state index in [1.807, 2.05) is 28.2 Å². The maximum atomic E-state index is 12.2. The number of carbonyl (C=O) groups excluding carboxylic acids is 2. The maximum Gasteiger partial charge on any atom is 0.361 e. The standard InChI is InChI=1S/C26H54N2O4.2ClH/c1-7-9-11-13-15-17-21-31-25(29)23-27(3,4)19-20-28(5,6)24-26(30)32-22-18-16-14-12-10-8-2;;/h7-24H2,1-6H3;2*1H/q+2;;/p-2. The number of quaternary nitrogens is 2. The van der Waals surface area contributed by atoms with Gasteiger partial charge in [-0.3, -0.25) is 0 Å². The van der Waals surface area contributed by atoms with Crippen LogP contribution in [0.2, 0.25) is 0 Å². The van der Waals surface area contributed by atoms with E-state index in [1.165, 1.54) is 51.4 Å². The zero-order valence-corrected chi connectivity index (χ0v) is 24.5. The van der Waals surface area contributed by atoms with Crippen LogP contribution in [0.5, 0.6) is 0 Å². The van der Waals surface area contributed by atoms with Crippen LogP contribution >= 0.6 is 0 Å². The summed E-state index contributed by atoms with van der Waals surface area (Å²) < 4.78 is 12.0. The number of carbonyl (C=O) groups is 2. The highest BCUT2D eigenvalue weighted by molar-refractivity contribution is 5.70. The molecule has 0 aliphatic carbocycles. The first-order chi connectivity index (χ1) is 15.1. The molecular weight excluding hydrogens is 475 g/mol. The van der Waals surface area contributed by atoms with Crippen LogP contribution in [-0.2, 0) is 19.1 Å². The number of hydrogen-bond donors (Lipinski definition) is 0. The first-order valence-corrected chi connectivity index (χ1v) is 13.1. The van der Waals surface area contributed by atoms with Crippen molar-refractivity contribution in [3.8, 4) is 0 Å². The van der Waals surface area contributed by atoms with Crippen LogP contribution < -0.4 is 24.8 Å². The second-order valence-electron chi connectivity index (χ2n) is 10.6. The van der Waals surface area contributed by atoms with Gasteiger partial charge in [-0.1, -0.05) is 78.1 Å². The number of hydrogen-bond acceptors (Lipinski definition) is 4. The van der Waals surface area contributed by atoms with Crippen molar-refractivity contribution in [3.63, 3.8) is 0 Å². The molecule has 0 rings (SSSR count). The third kappa shape index (κ3) is 24.6. The quantitative estimate of drug-likeness (QED) is 0.108. The van der Waals surface area contributed by atoms with Crippen LogP contribution in [0.25, 0.3) is 0 Å². The van der Waals surface area contributed by atoms with Crippen molar-refractivity contribution in [2.75, 3.05) is 67.6 Å². The van der Waals surface area contributed by atoms with E-state index in [-0.39, 0.29) is 36.8 Å². The van der Waals surface area contributed by atoms with E-state index in [1.54, 1.807) is 0 Å². The number of unbranched alkanes of at least 4 members (excludes halogenated alkanes) is 10. The lowest BCUT2D eigenvalue weighted by Crippen LogP contribution is -3.00. The predicted octanol–water partition coefficient (Wildman–Crippen LogP) is -1.05. The third-order valence-corrected chi connectivity index (χ3v) is 5.95.